The molecule has 3 rings (SSSR count). The van der Waals surface area contributed by atoms with Crippen LogP contribution in [0.4, 0.5) is 13.2 Å². The average molecular weight is 394 g/mol. The van der Waals surface area contributed by atoms with Crippen molar-refractivity contribution in [1.29, 1.82) is 0 Å². The summed E-state index contributed by atoms with van der Waals surface area (Å²) in [6.07, 6.45) is -3.28. The summed E-state index contributed by atoms with van der Waals surface area (Å²) < 4.78 is 44.0. The lowest BCUT2D eigenvalue weighted by molar-refractivity contribution is -0.298. The van der Waals surface area contributed by atoms with Crippen LogP contribution < -0.4 is 5.11 Å². The molecule has 0 unspecified atom stereocenters. The van der Waals surface area contributed by atoms with Crippen LogP contribution in [0.5, 0.6) is 0 Å². The van der Waals surface area contributed by atoms with Gasteiger partial charge in [0.05, 0.1) is 11.5 Å². The summed E-state index contributed by atoms with van der Waals surface area (Å²) in [4.78, 5) is 15.1. The Morgan fingerprint density at radius 1 is 1.30 bits per heavy atom. The molecule has 10 heteroatoms. The van der Waals surface area contributed by atoms with Crippen LogP contribution in [0.1, 0.15) is 17.1 Å². The number of rotatable bonds is 5. The summed E-state index contributed by atoms with van der Waals surface area (Å²) in [5, 5.41) is 17.9. The van der Waals surface area contributed by atoms with Crippen molar-refractivity contribution >= 4 is 23.8 Å². The summed E-state index contributed by atoms with van der Waals surface area (Å²) in [6.45, 7) is 1.66. The molecule has 27 heavy (non-hydrogen) atoms. The van der Waals surface area contributed by atoms with E-state index >= 15 is 0 Å². The van der Waals surface area contributed by atoms with E-state index in [4.69, 9.17) is 4.42 Å². The molecule has 140 valence electrons. The summed E-state index contributed by atoms with van der Waals surface area (Å²) in [5.74, 6) is -0.635. The first-order valence-electron chi connectivity index (χ1n) is 7.50. The third kappa shape index (κ3) is 4.59. The number of H-pyrrole nitrogens is 1. The minimum absolute atomic E-state index is 0.140. The predicted octanol–water partition coefficient (Wildman–Crippen LogP) is 3.28. The monoisotopic (exact) mass is 394 g/mol. The van der Waals surface area contributed by atoms with Crippen LogP contribution in [0, 0.1) is 6.92 Å². The van der Waals surface area contributed by atoms with Gasteiger partial charge in [-0.3, -0.25) is 5.10 Å². The van der Waals surface area contributed by atoms with E-state index in [1.807, 2.05) is 0 Å². The van der Waals surface area contributed by atoms with E-state index < -0.39 is 17.7 Å². The van der Waals surface area contributed by atoms with Crippen LogP contribution in [-0.4, -0.2) is 21.2 Å². The van der Waals surface area contributed by atoms with Crippen LogP contribution in [0.25, 0.3) is 17.4 Å². The van der Waals surface area contributed by atoms with Gasteiger partial charge in [0.15, 0.2) is 0 Å². The maximum atomic E-state index is 12.8. The number of carbonyl (C=O) groups is 1. The first kappa shape index (κ1) is 18.8. The van der Waals surface area contributed by atoms with E-state index in [0.717, 1.165) is 23.9 Å². The maximum absolute atomic E-state index is 12.8. The molecule has 3 aromatic rings. The van der Waals surface area contributed by atoms with Gasteiger partial charge in [-0.25, -0.2) is 4.98 Å². The van der Waals surface area contributed by atoms with Gasteiger partial charge in [-0.05, 0) is 49.0 Å². The second kappa shape index (κ2) is 7.31. The summed E-state index contributed by atoms with van der Waals surface area (Å²) in [6, 6.07) is 7.54. The van der Waals surface area contributed by atoms with Crippen LogP contribution in [0.2, 0.25) is 0 Å². The Kier molecular flexibility index (Phi) is 5.08. The molecule has 0 spiro atoms. The van der Waals surface area contributed by atoms with Crippen LogP contribution in [0.3, 0.4) is 0 Å². The number of aromatic amines is 1. The number of nitrogens with zero attached hydrogens (tertiary/aromatic N) is 2. The summed E-state index contributed by atoms with van der Waals surface area (Å²) >= 11 is 0.760. The quantitative estimate of drug-likeness (QED) is 0.527. The molecule has 1 aromatic carbocycles. The standard InChI is InChI=1S/C17H12F3N3O3S/c1-9-21-16(23-22-9)27-14(15(24)25)8-12-5-6-13(26-12)10-3-2-4-11(7-10)17(18,19)20/h2-8H,1H3,(H,24,25)(H,21,22,23)/p-1/b14-8+. The topological polar surface area (TPSA) is 94.8 Å². The minimum Gasteiger partial charge on any atom is -0.544 e. The highest BCUT2D eigenvalue weighted by atomic mass is 32.2. The Morgan fingerprint density at radius 2 is 2.07 bits per heavy atom. The molecule has 0 aliphatic carbocycles. The number of halogens is 3. The number of carboxylic acids is 1. The number of benzene rings is 1. The number of hydrogen-bond acceptors (Lipinski definition) is 6. The van der Waals surface area contributed by atoms with Gasteiger partial charge in [0.2, 0.25) is 5.16 Å². The highest BCUT2D eigenvalue weighted by molar-refractivity contribution is 8.04. The number of aryl methyl sites for hydroxylation is 1. The second-order valence-electron chi connectivity index (χ2n) is 5.38. The fourth-order valence-corrected chi connectivity index (χ4v) is 2.89. The van der Waals surface area contributed by atoms with Crippen LogP contribution in [-0.2, 0) is 11.0 Å². The fourth-order valence-electron chi connectivity index (χ4n) is 2.16. The van der Waals surface area contributed by atoms with E-state index in [-0.39, 0.29) is 27.1 Å². The molecule has 0 bridgehead atoms. The van der Waals surface area contributed by atoms with Gasteiger partial charge in [-0.2, -0.15) is 13.2 Å². The molecule has 0 fully saturated rings. The van der Waals surface area contributed by atoms with Crippen molar-refractivity contribution in [2.24, 2.45) is 0 Å². The number of thioether (sulfide) groups is 1. The molecular formula is C17H11F3N3O3S-. The molecular weight excluding hydrogens is 383 g/mol. The molecule has 0 saturated heterocycles. The molecule has 0 saturated carbocycles. The molecule has 1 N–H and O–H groups in total. The Bertz CT molecular complexity index is 1010. The van der Waals surface area contributed by atoms with Crippen molar-refractivity contribution in [3.8, 4) is 11.3 Å². The van der Waals surface area contributed by atoms with Gasteiger partial charge in [-0.1, -0.05) is 12.1 Å². The number of hydrogen-bond donors (Lipinski definition) is 1. The molecule has 0 atom stereocenters. The van der Waals surface area contributed by atoms with Gasteiger partial charge < -0.3 is 14.3 Å². The normalized spacial score (nSPS) is 12.4. The zero-order valence-corrected chi connectivity index (χ0v) is 14.5. The van der Waals surface area contributed by atoms with Crippen molar-refractivity contribution in [3.63, 3.8) is 0 Å². The number of carboxylic acid groups (broad SMARTS) is 1. The number of alkyl halides is 3. The third-order valence-corrected chi connectivity index (χ3v) is 4.22. The summed E-state index contributed by atoms with van der Waals surface area (Å²) in [5.41, 5.74) is -0.587. The van der Waals surface area contributed by atoms with E-state index in [2.05, 4.69) is 15.2 Å². The van der Waals surface area contributed by atoms with Crippen LogP contribution >= 0.6 is 11.8 Å². The van der Waals surface area contributed by atoms with Gasteiger partial charge >= 0.3 is 6.18 Å². The van der Waals surface area contributed by atoms with Crippen molar-refractivity contribution in [1.82, 2.24) is 15.2 Å². The zero-order chi connectivity index (χ0) is 19.6. The number of aromatic nitrogens is 3. The molecule has 2 aromatic heterocycles. The first-order chi connectivity index (χ1) is 12.7. The molecule has 0 aliphatic rings. The van der Waals surface area contributed by atoms with Crippen molar-refractivity contribution in [3.05, 3.63) is 58.5 Å². The lowest BCUT2D eigenvalue weighted by Gasteiger charge is -2.07. The molecule has 0 radical (unpaired) electrons. The molecule has 0 amide bonds. The van der Waals surface area contributed by atoms with E-state index in [0.29, 0.717) is 5.82 Å². The Labute approximate surface area is 155 Å². The summed E-state index contributed by atoms with van der Waals surface area (Å²) in [7, 11) is 0. The molecule has 2 heterocycles. The maximum Gasteiger partial charge on any atom is 0.416 e. The van der Waals surface area contributed by atoms with Gasteiger partial charge in [0, 0.05) is 10.5 Å². The van der Waals surface area contributed by atoms with Crippen molar-refractivity contribution in [2.75, 3.05) is 0 Å². The number of carbonyl (C=O) groups excluding carboxylic acids is 1. The lowest BCUT2D eigenvalue weighted by Crippen LogP contribution is -2.23. The first-order valence-corrected chi connectivity index (χ1v) is 8.31. The number of furan rings is 1. The number of nitrogens with one attached hydrogen (secondary N) is 1. The second-order valence-corrected chi connectivity index (χ2v) is 6.39. The lowest BCUT2D eigenvalue weighted by atomic mass is 10.1. The van der Waals surface area contributed by atoms with Crippen LogP contribution in [0.15, 0.2) is 50.9 Å². The zero-order valence-electron chi connectivity index (χ0n) is 13.7. The van der Waals surface area contributed by atoms with Crippen molar-refractivity contribution in [2.45, 2.75) is 18.3 Å². The molecule has 6 nitrogen and oxygen atoms in total. The van der Waals surface area contributed by atoms with Gasteiger partial charge in [-0.15, -0.1) is 5.10 Å². The SMILES string of the molecule is Cc1nc(S/C(=C/c2ccc(-c3cccc(C(F)(F)F)c3)o2)C(=O)[O-])n[nH]1. The van der Waals surface area contributed by atoms with Gasteiger partial charge in [0.1, 0.15) is 17.3 Å². The molecule has 0 aliphatic heterocycles. The van der Waals surface area contributed by atoms with Gasteiger partial charge in [0.25, 0.3) is 0 Å². The third-order valence-electron chi connectivity index (χ3n) is 3.35. The largest absolute Gasteiger partial charge is 0.544 e. The Balaban J connectivity index is 1.87. The minimum atomic E-state index is -4.47. The van der Waals surface area contributed by atoms with E-state index in [9.17, 15) is 23.1 Å². The van der Waals surface area contributed by atoms with Crippen molar-refractivity contribution < 1.29 is 27.5 Å². The highest BCUT2D eigenvalue weighted by Gasteiger charge is 2.30. The predicted molar refractivity (Wildman–Crippen MR) is 89.1 cm³/mol. The fraction of sp³-hybridized carbons (Fsp3) is 0.118. The number of aliphatic carboxylic acids is 1. The Hall–Kier alpha value is -3.01. The Morgan fingerprint density at radius 3 is 2.70 bits per heavy atom. The van der Waals surface area contributed by atoms with E-state index in [1.54, 1.807) is 6.92 Å². The highest BCUT2D eigenvalue weighted by Crippen LogP contribution is 2.33. The average Bonchev–Trinajstić information content (AvgIpc) is 3.23. The smallest absolute Gasteiger partial charge is 0.416 e. The van der Waals surface area contributed by atoms with E-state index in [1.165, 1.54) is 30.3 Å².